The van der Waals surface area contributed by atoms with E-state index in [1.165, 1.54) is 33.0 Å². The molecule has 0 bridgehead atoms. The van der Waals surface area contributed by atoms with E-state index >= 15 is 0 Å². The molecule has 6 aromatic rings. The molecule has 1 nitrogen and oxygen atoms in total. The Morgan fingerprint density at radius 1 is 0.478 bits per heavy atom. The second-order valence-electron chi connectivity index (χ2n) is 10.7. The van der Waals surface area contributed by atoms with Crippen molar-refractivity contribution in [3.63, 3.8) is 0 Å². The van der Waals surface area contributed by atoms with Crippen molar-refractivity contribution in [1.29, 1.82) is 0 Å². The van der Waals surface area contributed by atoms with Crippen LogP contribution in [0, 0.1) is 23.7 Å². The van der Waals surface area contributed by atoms with Gasteiger partial charge in [0, 0.05) is 47.2 Å². The highest BCUT2D eigenvalue weighted by Crippen LogP contribution is 2.20. The van der Waals surface area contributed by atoms with Crippen LogP contribution in [0.3, 0.4) is 0 Å². The zero-order valence-corrected chi connectivity index (χ0v) is 29.1. The second-order valence-corrected chi connectivity index (χ2v) is 11.5. The van der Waals surface area contributed by atoms with Crippen LogP contribution >= 0.6 is 15.9 Å². The van der Waals surface area contributed by atoms with Gasteiger partial charge in [0.15, 0.2) is 12.4 Å². The molecule has 0 fully saturated rings. The molecule has 0 atom stereocenters. The van der Waals surface area contributed by atoms with Gasteiger partial charge in [-0.1, -0.05) is 143 Å². The van der Waals surface area contributed by atoms with E-state index in [1.807, 2.05) is 12.1 Å². The normalized spacial score (nSPS) is 9.85. The Morgan fingerprint density at radius 2 is 0.935 bits per heavy atom. The van der Waals surface area contributed by atoms with Gasteiger partial charge in [0.2, 0.25) is 0 Å². The summed E-state index contributed by atoms with van der Waals surface area (Å²) in [6.45, 7) is 0.993. The van der Waals surface area contributed by atoms with Gasteiger partial charge in [-0.15, -0.1) is 0 Å². The average molecular weight is 728 g/mol. The maximum Gasteiger partial charge on any atom is 0.176 e. The van der Waals surface area contributed by atoms with Crippen LogP contribution in [0.5, 0.6) is 0 Å². The summed E-state index contributed by atoms with van der Waals surface area (Å²) in [7, 11) is 0. The molecule has 0 N–H and O–H groups in total. The van der Waals surface area contributed by atoms with Crippen LogP contribution in [-0.4, -0.2) is 5.33 Å². The number of benzene rings is 5. The van der Waals surface area contributed by atoms with Gasteiger partial charge in [-0.2, -0.15) is 0 Å². The van der Waals surface area contributed by atoms with E-state index in [4.69, 9.17) is 0 Å². The van der Waals surface area contributed by atoms with Gasteiger partial charge in [-0.05, 0) is 64.4 Å². The first-order valence-corrected chi connectivity index (χ1v) is 16.6. The Kier molecular flexibility index (Phi) is 14.4. The third-order valence-electron chi connectivity index (χ3n) is 7.35. The van der Waals surface area contributed by atoms with E-state index < -0.39 is 0 Å². The summed E-state index contributed by atoms with van der Waals surface area (Å²) in [5.41, 5.74) is 7.12. The molecule has 0 amide bonds. The summed E-state index contributed by atoms with van der Waals surface area (Å²) in [6.07, 6.45) is 8.38. The first kappa shape index (κ1) is 34.5. The van der Waals surface area contributed by atoms with Gasteiger partial charge in [0.1, 0.15) is 6.54 Å². The van der Waals surface area contributed by atoms with Gasteiger partial charge in [0.05, 0.1) is 0 Å². The van der Waals surface area contributed by atoms with Gasteiger partial charge in [-0.25, -0.2) is 4.57 Å². The molecule has 5 aromatic carbocycles. The van der Waals surface area contributed by atoms with Gasteiger partial charge >= 0.3 is 0 Å². The highest BCUT2D eigenvalue weighted by atomic mass is 79.9. The maximum absolute atomic E-state index is 3.40. The first-order valence-electron chi connectivity index (χ1n) is 15.5. The van der Waals surface area contributed by atoms with Crippen molar-refractivity contribution in [3.05, 3.63) is 163 Å². The number of aryl methyl sites for hydroxylation is 1. The zero-order valence-electron chi connectivity index (χ0n) is 25.9. The highest BCUT2D eigenvalue weighted by Gasteiger charge is 2.02. The Hall–Kier alpha value is -4.41. The largest absolute Gasteiger partial charge is 1.00 e. The van der Waals surface area contributed by atoms with Crippen LogP contribution in [-0.2, 0) is 6.54 Å². The fourth-order valence-electron chi connectivity index (χ4n) is 4.90. The lowest BCUT2D eigenvalue weighted by molar-refractivity contribution is -0.695. The predicted octanol–water partition coefficient (Wildman–Crippen LogP) is 7.51. The number of aromatic nitrogens is 1. The number of alkyl halides is 1. The van der Waals surface area contributed by atoms with E-state index in [9.17, 15) is 0 Å². The number of hydrogen-bond acceptors (Lipinski definition) is 0. The molecule has 0 saturated carbocycles. The molecular formula is C43H37Br2N. The molecule has 0 saturated heterocycles. The molecule has 0 aliphatic heterocycles. The number of fused-ring (bicyclic) bond motifs is 1. The molecular weight excluding hydrogens is 690 g/mol. The Balaban J connectivity index is 0.000000221. The summed E-state index contributed by atoms with van der Waals surface area (Å²) in [4.78, 5) is 0. The standard InChI is InChI=1S/C26H22N.C17H15Br.BrH/c1-4-10-23(11-5-1)25-16-14-22(15-17-25)9-3-2-8-19-27-20-18-24-12-6-7-13-26(24)21-27;18-14-6-2-3-7-15-10-12-17(13-11-15)16-8-4-1-5-9-16;/h1,4-7,10-18,20-21H,2,8,19H2;1,4-5,8-13H,2,6,14H2;1H/q+1;;/p-1. The molecule has 0 aliphatic rings. The van der Waals surface area contributed by atoms with E-state index in [-0.39, 0.29) is 17.0 Å². The van der Waals surface area contributed by atoms with Gasteiger partial charge in [0.25, 0.3) is 0 Å². The minimum absolute atomic E-state index is 0. The molecule has 3 heteroatoms. The van der Waals surface area contributed by atoms with Crippen LogP contribution in [0.4, 0.5) is 0 Å². The lowest BCUT2D eigenvalue weighted by Gasteiger charge is -2.00. The molecule has 0 radical (unpaired) electrons. The van der Waals surface area contributed by atoms with Crippen molar-refractivity contribution < 1.29 is 21.5 Å². The summed E-state index contributed by atoms with van der Waals surface area (Å²) in [5.74, 6) is 13.0. The molecule has 0 unspecified atom stereocenters. The monoisotopic (exact) mass is 725 g/mol. The van der Waals surface area contributed by atoms with Crippen molar-refractivity contribution in [2.24, 2.45) is 0 Å². The van der Waals surface area contributed by atoms with Crippen LogP contribution in [0.25, 0.3) is 33.0 Å². The SMILES string of the molecule is BrCCCC#Cc1ccc(-c2ccccc2)cc1.C(#Cc1ccc(-c2ccccc2)cc1)CCC[n+]1ccc2ccccc2c1.[Br-]. The lowest BCUT2D eigenvalue weighted by Crippen LogP contribution is -3.00. The topological polar surface area (TPSA) is 3.88 Å². The quantitative estimate of drug-likeness (QED) is 0.0695. The van der Waals surface area contributed by atoms with Crippen molar-refractivity contribution in [2.45, 2.75) is 32.2 Å². The first-order chi connectivity index (χ1) is 22.3. The van der Waals surface area contributed by atoms with Crippen LogP contribution in [0.2, 0.25) is 0 Å². The Morgan fingerprint density at radius 3 is 1.46 bits per heavy atom. The van der Waals surface area contributed by atoms with Crippen LogP contribution < -0.4 is 21.5 Å². The van der Waals surface area contributed by atoms with Crippen LogP contribution in [0.1, 0.15) is 36.8 Å². The van der Waals surface area contributed by atoms with Crippen molar-refractivity contribution in [3.8, 4) is 45.9 Å². The van der Waals surface area contributed by atoms with Crippen LogP contribution in [0.15, 0.2) is 152 Å². The lowest BCUT2D eigenvalue weighted by atomic mass is 10.0. The van der Waals surface area contributed by atoms with Gasteiger partial charge in [-0.3, -0.25) is 0 Å². The number of rotatable bonds is 7. The highest BCUT2D eigenvalue weighted by molar-refractivity contribution is 9.09. The fraction of sp³-hybridized carbons (Fsp3) is 0.140. The minimum atomic E-state index is 0. The average Bonchev–Trinajstić information content (AvgIpc) is 3.11. The molecule has 6 rings (SSSR count). The van der Waals surface area contributed by atoms with E-state index in [0.717, 1.165) is 48.7 Å². The third-order valence-corrected chi connectivity index (χ3v) is 7.91. The molecule has 228 valence electrons. The smallest absolute Gasteiger partial charge is 0.176 e. The summed E-state index contributed by atoms with van der Waals surface area (Å²) >= 11 is 3.40. The number of unbranched alkanes of at least 4 members (excludes halogenated alkanes) is 2. The Bertz CT molecular complexity index is 1890. The van der Waals surface area contributed by atoms with E-state index in [1.54, 1.807) is 0 Å². The third kappa shape index (κ3) is 10.9. The van der Waals surface area contributed by atoms with Crippen molar-refractivity contribution in [2.75, 3.05) is 5.33 Å². The number of hydrogen-bond donors (Lipinski definition) is 0. The van der Waals surface area contributed by atoms with E-state index in [0.29, 0.717) is 0 Å². The molecule has 0 spiro atoms. The maximum atomic E-state index is 3.40. The molecule has 0 aliphatic carbocycles. The van der Waals surface area contributed by atoms with Gasteiger partial charge < -0.3 is 17.0 Å². The minimum Gasteiger partial charge on any atom is -1.00 e. The van der Waals surface area contributed by atoms with Crippen molar-refractivity contribution in [1.82, 2.24) is 0 Å². The predicted molar refractivity (Wildman–Crippen MR) is 194 cm³/mol. The molecule has 1 heterocycles. The number of nitrogens with zero attached hydrogens (tertiary/aromatic N) is 1. The second kappa shape index (κ2) is 19.2. The zero-order chi connectivity index (χ0) is 30.9. The molecule has 1 aromatic heterocycles. The summed E-state index contributed by atoms with van der Waals surface area (Å²) in [6, 6.07) is 48.4. The van der Waals surface area contributed by atoms with E-state index in [2.05, 4.69) is 184 Å². The Labute approximate surface area is 293 Å². The summed E-state index contributed by atoms with van der Waals surface area (Å²) in [5, 5.41) is 3.59. The number of pyridine rings is 1. The molecule has 46 heavy (non-hydrogen) atoms. The van der Waals surface area contributed by atoms with Crippen molar-refractivity contribution >= 4 is 26.7 Å². The summed E-state index contributed by atoms with van der Waals surface area (Å²) < 4.78 is 2.25. The fourth-order valence-corrected chi connectivity index (χ4v) is 5.18. The number of halogens is 2.